The average Bonchev–Trinajstić information content (AvgIpc) is 3.07. The highest BCUT2D eigenvalue weighted by Gasteiger charge is 2.72. The first-order valence-electron chi connectivity index (χ1n) is 7.57. The third-order valence-corrected chi connectivity index (χ3v) is 3.91. The predicted octanol–water partition coefficient (Wildman–Crippen LogP) is 3.09. The highest BCUT2D eigenvalue weighted by Crippen LogP contribution is 2.52. The number of carbonyl (C=O) groups is 1. The summed E-state index contributed by atoms with van der Waals surface area (Å²) in [4.78, 5) is 12.2. The standard InChI is InChI=1S/C17H24O4/c1-4-11-17(15(18)20-5-2)16(3,21-17)13-19-12-14-9-7-6-8-10-14/h6-10H,4-5,11-13H2,1-3H3. The molecule has 0 bridgehead atoms. The fraction of sp³-hybridized carbons (Fsp3) is 0.588. The zero-order valence-corrected chi connectivity index (χ0v) is 13.1. The maximum Gasteiger partial charge on any atom is 0.341 e. The van der Waals surface area contributed by atoms with Crippen LogP contribution in [0.5, 0.6) is 0 Å². The molecule has 1 aliphatic heterocycles. The summed E-state index contributed by atoms with van der Waals surface area (Å²) in [5.74, 6) is -0.266. The van der Waals surface area contributed by atoms with E-state index >= 15 is 0 Å². The summed E-state index contributed by atoms with van der Waals surface area (Å²) < 4.78 is 16.7. The Morgan fingerprint density at radius 1 is 1.24 bits per heavy atom. The molecule has 0 N–H and O–H groups in total. The second-order valence-electron chi connectivity index (χ2n) is 5.61. The minimum atomic E-state index is -0.825. The van der Waals surface area contributed by atoms with Crippen LogP contribution in [0, 0.1) is 0 Å². The monoisotopic (exact) mass is 292 g/mol. The fourth-order valence-electron chi connectivity index (χ4n) is 2.72. The van der Waals surface area contributed by atoms with Crippen LogP contribution in [0.25, 0.3) is 0 Å². The van der Waals surface area contributed by atoms with E-state index in [4.69, 9.17) is 14.2 Å². The number of hydrogen-bond acceptors (Lipinski definition) is 4. The van der Waals surface area contributed by atoms with Crippen molar-refractivity contribution < 1.29 is 19.0 Å². The predicted molar refractivity (Wildman–Crippen MR) is 79.9 cm³/mol. The van der Waals surface area contributed by atoms with Gasteiger partial charge in [-0.2, -0.15) is 0 Å². The van der Waals surface area contributed by atoms with Gasteiger partial charge < -0.3 is 14.2 Å². The van der Waals surface area contributed by atoms with Crippen LogP contribution in [0.1, 0.15) is 39.2 Å². The number of epoxide rings is 1. The first-order chi connectivity index (χ1) is 10.1. The molecule has 4 heteroatoms. The van der Waals surface area contributed by atoms with Crippen LogP contribution in [-0.4, -0.2) is 30.4 Å². The van der Waals surface area contributed by atoms with Gasteiger partial charge in [-0.05, 0) is 25.8 Å². The molecule has 0 radical (unpaired) electrons. The zero-order valence-electron chi connectivity index (χ0n) is 13.1. The van der Waals surface area contributed by atoms with E-state index in [0.29, 0.717) is 26.2 Å². The molecule has 2 unspecified atom stereocenters. The smallest absolute Gasteiger partial charge is 0.341 e. The van der Waals surface area contributed by atoms with Crippen LogP contribution in [0.4, 0.5) is 0 Å². The molecule has 4 nitrogen and oxygen atoms in total. The van der Waals surface area contributed by atoms with Gasteiger partial charge >= 0.3 is 5.97 Å². The molecule has 1 aromatic carbocycles. The molecule has 0 aromatic heterocycles. The largest absolute Gasteiger partial charge is 0.464 e. The summed E-state index contributed by atoms with van der Waals surface area (Å²) >= 11 is 0. The number of ether oxygens (including phenoxy) is 3. The molecule has 0 aliphatic carbocycles. The van der Waals surface area contributed by atoms with E-state index in [1.165, 1.54) is 0 Å². The minimum Gasteiger partial charge on any atom is -0.464 e. The van der Waals surface area contributed by atoms with Crippen LogP contribution in [0.15, 0.2) is 30.3 Å². The van der Waals surface area contributed by atoms with Gasteiger partial charge in [0.05, 0.1) is 19.8 Å². The number of carbonyl (C=O) groups excluding carboxylic acids is 1. The maximum atomic E-state index is 12.2. The number of esters is 1. The van der Waals surface area contributed by atoms with Crippen molar-refractivity contribution in [2.45, 2.75) is 51.4 Å². The van der Waals surface area contributed by atoms with Crippen molar-refractivity contribution in [2.75, 3.05) is 13.2 Å². The highest BCUT2D eigenvalue weighted by atomic mass is 16.7. The Hall–Kier alpha value is -1.39. The van der Waals surface area contributed by atoms with E-state index in [1.807, 2.05) is 51.1 Å². The van der Waals surface area contributed by atoms with E-state index in [2.05, 4.69) is 0 Å². The Bertz CT molecular complexity index is 473. The fourth-order valence-corrected chi connectivity index (χ4v) is 2.72. The quantitative estimate of drug-likeness (QED) is 0.545. The van der Waals surface area contributed by atoms with Crippen molar-refractivity contribution in [1.29, 1.82) is 0 Å². The van der Waals surface area contributed by atoms with E-state index in [-0.39, 0.29) is 5.97 Å². The van der Waals surface area contributed by atoms with Crippen LogP contribution in [0.2, 0.25) is 0 Å². The molecule has 1 fully saturated rings. The average molecular weight is 292 g/mol. The second-order valence-corrected chi connectivity index (χ2v) is 5.61. The maximum absolute atomic E-state index is 12.2. The van der Waals surface area contributed by atoms with Crippen molar-refractivity contribution in [1.82, 2.24) is 0 Å². The van der Waals surface area contributed by atoms with E-state index in [0.717, 1.165) is 12.0 Å². The molecular formula is C17H24O4. The van der Waals surface area contributed by atoms with Crippen molar-refractivity contribution in [3.8, 4) is 0 Å². The Kier molecular flexibility index (Phi) is 5.01. The summed E-state index contributed by atoms with van der Waals surface area (Å²) in [5, 5.41) is 0. The highest BCUT2D eigenvalue weighted by molar-refractivity contribution is 5.84. The van der Waals surface area contributed by atoms with Gasteiger partial charge in [0.25, 0.3) is 0 Å². The van der Waals surface area contributed by atoms with Crippen LogP contribution in [-0.2, 0) is 25.6 Å². The van der Waals surface area contributed by atoms with Crippen molar-refractivity contribution >= 4 is 5.97 Å². The molecule has 0 amide bonds. The van der Waals surface area contributed by atoms with E-state index in [9.17, 15) is 4.79 Å². The molecule has 1 heterocycles. The van der Waals surface area contributed by atoms with Gasteiger partial charge in [0, 0.05) is 0 Å². The summed E-state index contributed by atoms with van der Waals surface area (Å²) in [6.45, 7) is 7.04. The van der Waals surface area contributed by atoms with Gasteiger partial charge in [-0.1, -0.05) is 43.7 Å². The lowest BCUT2D eigenvalue weighted by molar-refractivity contribution is -0.150. The Morgan fingerprint density at radius 3 is 2.57 bits per heavy atom. The van der Waals surface area contributed by atoms with Gasteiger partial charge in [0.1, 0.15) is 5.60 Å². The third-order valence-electron chi connectivity index (χ3n) is 3.91. The summed E-state index contributed by atoms with van der Waals surface area (Å²) in [6.07, 6.45) is 1.53. The Balaban J connectivity index is 1.91. The van der Waals surface area contributed by atoms with Crippen molar-refractivity contribution in [2.24, 2.45) is 0 Å². The molecule has 1 aliphatic rings. The topological polar surface area (TPSA) is 48.1 Å². The molecule has 2 atom stereocenters. The van der Waals surface area contributed by atoms with Gasteiger partial charge in [-0.25, -0.2) is 4.79 Å². The van der Waals surface area contributed by atoms with E-state index < -0.39 is 11.2 Å². The van der Waals surface area contributed by atoms with E-state index in [1.54, 1.807) is 0 Å². The van der Waals surface area contributed by atoms with Crippen LogP contribution < -0.4 is 0 Å². The van der Waals surface area contributed by atoms with Gasteiger partial charge in [-0.15, -0.1) is 0 Å². The molecule has 1 aromatic rings. The Morgan fingerprint density at radius 2 is 1.95 bits per heavy atom. The minimum absolute atomic E-state index is 0.266. The molecule has 0 spiro atoms. The lowest BCUT2D eigenvalue weighted by Crippen LogP contribution is -2.37. The summed E-state index contributed by atoms with van der Waals surface area (Å²) in [6, 6.07) is 9.96. The molecule has 116 valence electrons. The number of benzene rings is 1. The SMILES string of the molecule is CCCC1(C(=O)OCC)OC1(C)COCc1ccccc1. The van der Waals surface area contributed by atoms with Crippen LogP contribution in [0.3, 0.4) is 0 Å². The van der Waals surface area contributed by atoms with Gasteiger partial charge in [0.15, 0.2) is 5.60 Å². The molecule has 0 saturated carbocycles. The second kappa shape index (κ2) is 6.58. The lowest BCUT2D eigenvalue weighted by Gasteiger charge is -2.15. The summed E-state index contributed by atoms with van der Waals surface area (Å²) in [5.41, 5.74) is -0.294. The first kappa shape index (κ1) is 16.0. The molecule has 21 heavy (non-hydrogen) atoms. The number of rotatable bonds is 8. The number of hydrogen-bond donors (Lipinski definition) is 0. The van der Waals surface area contributed by atoms with Crippen LogP contribution >= 0.6 is 0 Å². The normalized spacial score (nSPS) is 27.4. The first-order valence-corrected chi connectivity index (χ1v) is 7.57. The summed E-state index contributed by atoms with van der Waals surface area (Å²) in [7, 11) is 0. The zero-order chi connectivity index (χ0) is 15.3. The lowest BCUT2D eigenvalue weighted by atomic mass is 9.90. The van der Waals surface area contributed by atoms with Gasteiger partial charge in [-0.3, -0.25) is 0 Å². The molecular weight excluding hydrogens is 268 g/mol. The molecule has 2 rings (SSSR count). The van der Waals surface area contributed by atoms with Crippen molar-refractivity contribution in [3.63, 3.8) is 0 Å². The van der Waals surface area contributed by atoms with Gasteiger partial charge in [0.2, 0.25) is 0 Å². The van der Waals surface area contributed by atoms with Crippen molar-refractivity contribution in [3.05, 3.63) is 35.9 Å². The third kappa shape index (κ3) is 3.27. The molecule has 1 saturated heterocycles. The Labute approximate surface area is 126 Å².